The molecule has 0 aromatic heterocycles. The molecular formula is C15H23N. The lowest BCUT2D eigenvalue weighted by Gasteiger charge is -2.31. The molecule has 0 saturated heterocycles. The molecule has 88 valence electrons. The van der Waals surface area contributed by atoms with Crippen LogP contribution in [0.2, 0.25) is 0 Å². The van der Waals surface area contributed by atoms with Crippen molar-refractivity contribution in [3.63, 3.8) is 0 Å². The molecule has 1 aromatic rings. The van der Waals surface area contributed by atoms with Crippen LogP contribution in [0, 0.1) is 0 Å². The second-order valence-electron chi connectivity index (χ2n) is 6.12. The average Bonchev–Trinajstić information content (AvgIpc) is 2.22. The molecular weight excluding hydrogens is 194 g/mol. The van der Waals surface area contributed by atoms with Crippen molar-refractivity contribution in [3.8, 4) is 0 Å². The highest BCUT2D eigenvalue weighted by Gasteiger charge is 2.23. The summed E-state index contributed by atoms with van der Waals surface area (Å²) in [4.78, 5) is 0. The Kier molecular flexibility index (Phi) is 2.83. The van der Waals surface area contributed by atoms with Crippen LogP contribution in [0.4, 0.5) is 0 Å². The molecule has 0 amide bonds. The molecule has 2 rings (SSSR count). The summed E-state index contributed by atoms with van der Waals surface area (Å²) < 4.78 is 0. The van der Waals surface area contributed by atoms with E-state index in [0.717, 1.165) is 6.54 Å². The molecule has 0 spiro atoms. The Morgan fingerprint density at radius 1 is 1.12 bits per heavy atom. The van der Waals surface area contributed by atoms with Gasteiger partial charge in [-0.15, -0.1) is 0 Å². The molecule has 2 unspecified atom stereocenters. The van der Waals surface area contributed by atoms with Gasteiger partial charge in [-0.2, -0.15) is 0 Å². The van der Waals surface area contributed by atoms with E-state index in [1.165, 1.54) is 16.7 Å². The fraction of sp³-hybridized carbons (Fsp3) is 0.600. The fourth-order valence-electron chi connectivity index (χ4n) is 2.44. The minimum atomic E-state index is 0.245. The average molecular weight is 217 g/mol. The van der Waals surface area contributed by atoms with Crippen LogP contribution in [0.5, 0.6) is 0 Å². The third kappa shape index (κ3) is 2.01. The Labute approximate surface area is 99.3 Å². The normalized spacial score (nSPS) is 25.3. The minimum Gasteiger partial charge on any atom is -0.310 e. The Morgan fingerprint density at radius 3 is 2.44 bits per heavy atom. The highest BCUT2D eigenvalue weighted by Crippen LogP contribution is 2.33. The van der Waals surface area contributed by atoms with Gasteiger partial charge in [-0.25, -0.2) is 0 Å². The Balaban J connectivity index is 2.48. The fourth-order valence-corrected chi connectivity index (χ4v) is 2.44. The maximum absolute atomic E-state index is 3.57. The van der Waals surface area contributed by atoms with Crippen molar-refractivity contribution in [3.05, 3.63) is 34.9 Å². The first-order valence-corrected chi connectivity index (χ1v) is 6.27. The lowest BCUT2D eigenvalue weighted by molar-refractivity contribution is 0.491. The summed E-state index contributed by atoms with van der Waals surface area (Å²) in [7, 11) is 0. The smallest absolute Gasteiger partial charge is 0.0294 e. The Morgan fingerprint density at radius 2 is 1.81 bits per heavy atom. The zero-order valence-corrected chi connectivity index (χ0v) is 11.1. The molecule has 0 aliphatic carbocycles. The van der Waals surface area contributed by atoms with Crippen LogP contribution in [0.1, 0.15) is 63.3 Å². The topological polar surface area (TPSA) is 12.0 Å². The monoisotopic (exact) mass is 217 g/mol. The standard InChI is InChI=1S/C15H23N/c1-10-9-16-11(2)14-8-12(15(3,4)5)6-7-13(10)14/h6-8,10-11,16H,9H2,1-5H3. The lowest BCUT2D eigenvalue weighted by Crippen LogP contribution is -2.30. The molecule has 1 nitrogen and oxygen atoms in total. The van der Waals surface area contributed by atoms with Crippen molar-refractivity contribution in [1.82, 2.24) is 5.32 Å². The Bertz CT molecular complexity index is 387. The predicted molar refractivity (Wildman–Crippen MR) is 70.0 cm³/mol. The van der Waals surface area contributed by atoms with E-state index >= 15 is 0 Å². The van der Waals surface area contributed by atoms with Crippen LogP contribution in [0.15, 0.2) is 18.2 Å². The molecule has 1 heterocycles. The lowest BCUT2D eigenvalue weighted by atomic mass is 9.81. The summed E-state index contributed by atoms with van der Waals surface area (Å²) in [6.45, 7) is 12.5. The van der Waals surface area contributed by atoms with Crippen LogP contribution in [-0.2, 0) is 5.41 Å². The van der Waals surface area contributed by atoms with Gasteiger partial charge in [-0.05, 0) is 34.9 Å². The molecule has 0 radical (unpaired) electrons. The van der Waals surface area contributed by atoms with Gasteiger partial charge in [-0.3, -0.25) is 0 Å². The molecule has 1 aromatic carbocycles. The Hall–Kier alpha value is -0.820. The highest BCUT2D eigenvalue weighted by atomic mass is 14.9. The third-order valence-corrected chi connectivity index (χ3v) is 3.68. The number of nitrogens with one attached hydrogen (secondary N) is 1. The van der Waals surface area contributed by atoms with Gasteiger partial charge in [0.1, 0.15) is 0 Å². The zero-order chi connectivity index (χ0) is 11.9. The first kappa shape index (κ1) is 11.7. The second-order valence-corrected chi connectivity index (χ2v) is 6.12. The first-order valence-electron chi connectivity index (χ1n) is 6.27. The number of fused-ring (bicyclic) bond motifs is 1. The van der Waals surface area contributed by atoms with Crippen LogP contribution in [0.25, 0.3) is 0 Å². The van der Waals surface area contributed by atoms with Crippen molar-refractivity contribution >= 4 is 0 Å². The van der Waals surface area contributed by atoms with Gasteiger partial charge in [0.05, 0.1) is 0 Å². The quantitative estimate of drug-likeness (QED) is 0.698. The summed E-state index contributed by atoms with van der Waals surface area (Å²) in [6, 6.07) is 7.52. The molecule has 2 atom stereocenters. The van der Waals surface area contributed by atoms with Gasteiger partial charge in [0, 0.05) is 12.6 Å². The summed E-state index contributed by atoms with van der Waals surface area (Å²) in [6.07, 6.45) is 0. The maximum atomic E-state index is 3.57. The van der Waals surface area contributed by atoms with Gasteiger partial charge in [0.25, 0.3) is 0 Å². The second kappa shape index (κ2) is 3.89. The zero-order valence-electron chi connectivity index (χ0n) is 11.1. The van der Waals surface area contributed by atoms with Gasteiger partial charge in [-0.1, -0.05) is 45.9 Å². The maximum Gasteiger partial charge on any atom is 0.0294 e. The van der Waals surface area contributed by atoms with Crippen LogP contribution < -0.4 is 5.32 Å². The highest BCUT2D eigenvalue weighted by molar-refractivity contribution is 5.40. The van der Waals surface area contributed by atoms with Crippen molar-refractivity contribution in [1.29, 1.82) is 0 Å². The SMILES string of the molecule is CC1CNC(C)c2cc(C(C)(C)C)ccc21. The molecule has 1 aliphatic heterocycles. The summed E-state index contributed by atoms with van der Waals surface area (Å²) >= 11 is 0. The molecule has 1 N–H and O–H groups in total. The van der Waals surface area contributed by atoms with E-state index in [1.54, 1.807) is 0 Å². The minimum absolute atomic E-state index is 0.245. The van der Waals surface area contributed by atoms with Crippen molar-refractivity contribution in [2.45, 2.75) is 52.0 Å². The van der Waals surface area contributed by atoms with E-state index in [-0.39, 0.29) is 5.41 Å². The van der Waals surface area contributed by atoms with E-state index in [0.29, 0.717) is 12.0 Å². The third-order valence-electron chi connectivity index (χ3n) is 3.68. The van der Waals surface area contributed by atoms with Crippen LogP contribution in [-0.4, -0.2) is 6.54 Å². The summed E-state index contributed by atoms with van der Waals surface area (Å²) in [5, 5.41) is 3.57. The van der Waals surface area contributed by atoms with E-state index in [9.17, 15) is 0 Å². The largest absolute Gasteiger partial charge is 0.310 e. The number of rotatable bonds is 0. The summed E-state index contributed by atoms with van der Waals surface area (Å²) in [5.41, 5.74) is 4.70. The van der Waals surface area contributed by atoms with Gasteiger partial charge in [0.2, 0.25) is 0 Å². The molecule has 0 saturated carbocycles. The molecule has 16 heavy (non-hydrogen) atoms. The van der Waals surface area contributed by atoms with Crippen molar-refractivity contribution < 1.29 is 0 Å². The van der Waals surface area contributed by atoms with E-state index in [1.807, 2.05) is 0 Å². The van der Waals surface area contributed by atoms with Gasteiger partial charge in [0.15, 0.2) is 0 Å². The number of hydrogen-bond donors (Lipinski definition) is 1. The van der Waals surface area contributed by atoms with E-state index < -0.39 is 0 Å². The molecule has 0 fully saturated rings. The van der Waals surface area contributed by atoms with Crippen LogP contribution >= 0.6 is 0 Å². The summed E-state index contributed by atoms with van der Waals surface area (Å²) in [5.74, 6) is 0.639. The number of hydrogen-bond acceptors (Lipinski definition) is 1. The first-order chi connectivity index (χ1) is 7.39. The van der Waals surface area contributed by atoms with Gasteiger partial charge >= 0.3 is 0 Å². The van der Waals surface area contributed by atoms with Gasteiger partial charge < -0.3 is 5.32 Å². The number of benzene rings is 1. The van der Waals surface area contributed by atoms with Crippen molar-refractivity contribution in [2.24, 2.45) is 0 Å². The molecule has 1 heteroatoms. The molecule has 1 aliphatic rings. The van der Waals surface area contributed by atoms with Crippen LogP contribution in [0.3, 0.4) is 0 Å². The predicted octanol–water partition coefficient (Wildman–Crippen LogP) is 3.75. The molecule has 0 bridgehead atoms. The van der Waals surface area contributed by atoms with Crippen molar-refractivity contribution in [2.75, 3.05) is 6.54 Å². The van der Waals surface area contributed by atoms with E-state index in [4.69, 9.17) is 0 Å². The van der Waals surface area contributed by atoms with E-state index in [2.05, 4.69) is 58.1 Å².